The molecule has 2 fully saturated rings. The summed E-state index contributed by atoms with van der Waals surface area (Å²) in [6.45, 7) is 4.38. The van der Waals surface area contributed by atoms with Crippen LogP contribution in [0.5, 0.6) is 0 Å². The van der Waals surface area contributed by atoms with E-state index in [1.165, 1.54) is 0 Å². The van der Waals surface area contributed by atoms with E-state index in [4.69, 9.17) is 0 Å². The zero-order chi connectivity index (χ0) is 17.3. The van der Waals surface area contributed by atoms with Gasteiger partial charge in [0.05, 0.1) is 17.7 Å². The van der Waals surface area contributed by atoms with Crippen LogP contribution in [0, 0.1) is 12.8 Å². The second-order valence-electron chi connectivity index (χ2n) is 7.30. The van der Waals surface area contributed by atoms with Crippen molar-refractivity contribution in [2.75, 3.05) is 33.2 Å². The largest absolute Gasteiger partial charge is 0.392 e. The van der Waals surface area contributed by atoms with Gasteiger partial charge in [-0.25, -0.2) is 0 Å². The van der Waals surface area contributed by atoms with Gasteiger partial charge in [0.25, 0.3) is 0 Å². The Morgan fingerprint density at radius 2 is 2.00 bits per heavy atom. The first kappa shape index (κ1) is 17.3. The number of likely N-dealkylation sites (tertiary alicyclic amines) is 2. The standard InChI is InChI=1S/C18H27N3O3/c1-13-3-4-16(19-11-13)18(24)6-9-21(10-7-18)17(23)14-12-20(2)8-5-15(14)22/h3-4,11,14-15,22,24H,5-10,12H2,1-2H3/t14-,15+/m1/s1. The molecule has 24 heavy (non-hydrogen) atoms. The monoisotopic (exact) mass is 333 g/mol. The van der Waals surface area contributed by atoms with Gasteiger partial charge in [0.1, 0.15) is 5.60 Å². The van der Waals surface area contributed by atoms with E-state index < -0.39 is 11.7 Å². The van der Waals surface area contributed by atoms with E-state index in [-0.39, 0.29) is 11.8 Å². The highest BCUT2D eigenvalue weighted by Gasteiger charge is 2.40. The zero-order valence-electron chi connectivity index (χ0n) is 14.5. The first-order chi connectivity index (χ1) is 11.4. The maximum Gasteiger partial charge on any atom is 0.229 e. The normalized spacial score (nSPS) is 27.9. The average molecular weight is 333 g/mol. The molecule has 6 nitrogen and oxygen atoms in total. The summed E-state index contributed by atoms with van der Waals surface area (Å²) in [6, 6.07) is 3.82. The van der Waals surface area contributed by atoms with Crippen molar-refractivity contribution < 1.29 is 15.0 Å². The number of carbonyl (C=O) groups excluding carboxylic acids is 1. The van der Waals surface area contributed by atoms with Crippen molar-refractivity contribution in [3.63, 3.8) is 0 Å². The fourth-order valence-corrected chi connectivity index (χ4v) is 3.68. The highest BCUT2D eigenvalue weighted by atomic mass is 16.3. The first-order valence-electron chi connectivity index (χ1n) is 8.70. The Morgan fingerprint density at radius 3 is 2.62 bits per heavy atom. The Kier molecular flexibility index (Phi) is 4.90. The highest BCUT2D eigenvalue weighted by molar-refractivity contribution is 5.80. The van der Waals surface area contributed by atoms with E-state index >= 15 is 0 Å². The summed E-state index contributed by atoms with van der Waals surface area (Å²) in [7, 11) is 1.98. The van der Waals surface area contributed by atoms with Crippen LogP contribution in [0.2, 0.25) is 0 Å². The SMILES string of the molecule is Cc1ccc(C2(O)CCN(C(=O)[C@@H]3CN(C)CC[C@@H]3O)CC2)nc1. The molecular weight excluding hydrogens is 306 g/mol. The molecule has 1 aromatic heterocycles. The van der Waals surface area contributed by atoms with Gasteiger partial charge < -0.3 is 20.0 Å². The van der Waals surface area contributed by atoms with Gasteiger partial charge in [-0.15, -0.1) is 0 Å². The molecule has 0 bridgehead atoms. The van der Waals surface area contributed by atoms with Gasteiger partial charge in [-0.1, -0.05) is 6.07 Å². The van der Waals surface area contributed by atoms with E-state index in [0.29, 0.717) is 44.6 Å². The molecule has 2 atom stereocenters. The molecule has 132 valence electrons. The van der Waals surface area contributed by atoms with Gasteiger partial charge in [0.15, 0.2) is 0 Å². The molecule has 1 aromatic rings. The number of nitrogens with zero attached hydrogens (tertiary/aromatic N) is 3. The number of carbonyl (C=O) groups is 1. The lowest BCUT2D eigenvalue weighted by Gasteiger charge is -2.41. The second-order valence-corrected chi connectivity index (χ2v) is 7.30. The number of piperidine rings is 2. The molecule has 6 heteroatoms. The van der Waals surface area contributed by atoms with Gasteiger partial charge in [-0.3, -0.25) is 9.78 Å². The Labute approximate surface area is 143 Å². The van der Waals surface area contributed by atoms with Crippen LogP contribution < -0.4 is 0 Å². The van der Waals surface area contributed by atoms with Crippen molar-refractivity contribution in [2.24, 2.45) is 5.92 Å². The van der Waals surface area contributed by atoms with Crippen LogP contribution in [0.25, 0.3) is 0 Å². The maximum atomic E-state index is 12.7. The molecule has 0 saturated carbocycles. The molecule has 3 heterocycles. The molecule has 2 N–H and O–H groups in total. The van der Waals surface area contributed by atoms with Crippen LogP contribution in [0.3, 0.4) is 0 Å². The van der Waals surface area contributed by atoms with Crippen molar-refractivity contribution in [2.45, 2.75) is 37.9 Å². The van der Waals surface area contributed by atoms with Crippen LogP contribution in [-0.2, 0) is 10.4 Å². The Bertz CT molecular complexity index is 582. The van der Waals surface area contributed by atoms with Crippen molar-refractivity contribution in [3.8, 4) is 0 Å². The van der Waals surface area contributed by atoms with E-state index in [9.17, 15) is 15.0 Å². The van der Waals surface area contributed by atoms with Crippen molar-refractivity contribution in [1.82, 2.24) is 14.8 Å². The van der Waals surface area contributed by atoms with E-state index in [2.05, 4.69) is 9.88 Å². The predicted molar refractivity (Wildman–Crippen MR) is 90.3 cm³/mol. The number of aromatic nitrogens is 1. The number of aliphatic hydroxyl groups is 2. The maximum absolute atomic E-state index is 12.7. The number of rotatable bonds is 2. The van der Waals surface area contributed by atoms with Crippen LogP contribution in [0.15, 0.2) is 18.3 Å². The topological polar surface area (TPSA) is 76.9 Å². The average Bonchev–Trinajstić information content (AvgIpc) is 2.57. The fraction of sp³-hybridized carbons (Fsp3) is 0.667. The summed E-state index contributed by atoms with van der Waals surface area (Å²) in [5.41, 5.74) is 0.773. The van der Waals surface area contributed by atoms with Gasteiger partial charge in [0, 0.05) is 32.4 Å². The molecule has 3 rings (SSSR count). The highest BCUT2D eigenvalue weighted by Crippen LogP contribution is 2.32. The van der Waals surface area contributed by atoms with Crippen molar-refractivity contribution in [1.29, 1.82) is 0 Å². The molecule has 0 aliphatic carbocycles. The smallest absolute Gasteiger partial charge is 0.229 e. The summed E-state index contributed by atoms with van der Waals surface area (Å²) < 4.78 is 0. The van der Waals surface area contributed by atoms with Crippen molar-refractivity contribution in [3.05, 3.63) is 29.6 Å². The number of pyridine rings is 1. The summed E-state index contributed by atoms with van der Waals surface area (Å²) in [5, 5.41) is 21.0. The minimum atomic E-state index is -0.966. The first-order valence-corrected chi connectivity index (χ1v) is 8.70. The zero-order valence-corrected chi connectivity index (χ0v) is 14.5. The van der Waals surface area contributed by atoms with Crippen LogP contribution >= 0.6 is 0 Å². The summed E-state index contributed by atoms with van der Waals surface area (Å²) >= 11 is 0. The lowest BCUT2D eigenvalue weighted by Crippen LogP contribution is -2.53. The molecule has 0 unspecified atom stereocenters. The van der Waals surface area contributed by atoms with Gasteiger partial charge in [0.2, 0.25) is 5.91 Å². The van der Waals surface area contributed by atoms with E-state index in [1.54, 1.807) is 11.1 Å². The molecular formula is C18H27N3O3. The molecule has 0 aromatic carbocycles. The lowest BCUT2D eigenvalue weighted by molar-refractivity contribution is -0.146. The number of hydrogen-bond acceptors (Lipinski definition) is 5. The van der Waals surface area contributed by atoms with E-state index in [1.807, 2.05) is 26.1 Å². The number of hydrogen-bond donors (Lipinski definition) is 2. The molecule has 2 aliphatic rings. The molecule has 2 saturated heterocycles. The second kappa shape index (κ2) is 6.78. The molecule has 0 radical (unpaired) electrons. The summed E-state index contributed by atoms with van der Waals surface area (Å²) in [4.78, 5) is 21.0. The molecule has 1 amide bonds. The quantitative estimate of drug-likeness (QED) is 0.825. The number of aryl methyl sites for hydroxylation is 1. The summed E-state index contributed by atoms with van der Waals surface area (Å²) in [5.74, 6) is -0.347. The van der Waals surface area contributed by atoms with Gasteiger partial charge in [-0.05, 0) is 44.9 Å². The Hall–Kier alpha value is -1.50. The lowest BCUT2D eigenvalue weighted by atomic mass is 9.86. The summed E-state index contributed by atoms with van der Waals surface area (Å²) in [6.07, 6.45) is 2.80. The van der Waals surface area contributed by atoms with Gasteiger partial charge >= 0.3 is 0 Å². The Morgan fingerprint density at radius 1 is 1.29 bits per heavy atom. The third-order valence-electron chi connectivity index (χ3n) is 5.39. The predicted octanol–water partition coefficient (Wildman–Crippen LogP) is 0.513. The molecule has 2 aliphatic heterocycles. The van der Waals surface area contributed by atoms with Gasteiger partial charge in [-0.2, -0.15) is 0 Å². The number of aliphatic hydroxyl groups excluding tert-OH is 1. The van der Waals surface area contributed by atoms with Crippen molar-refractivity contribution >= 4 is 5.91 Å². The minimum Gasteiger partial charge on any atom is -0.392 e. The molecule has 0 spiro atoms. The minimum absolute atomic E-state index is 0.00738. The van der Waals surface area contributed by atoms with Crippen LogP contribution in [-0.4, -0.2) is 70.2 Å². The third kappa shape index (κ3) is 3.45. The van der Waals surface area contributed by atoms with Crippen LogP contribution in [0.1, 0.15) is 30.5 Å². The number of amides is 1. The fourth-order valence-electron chi connectivity index (χ4n) is 3.68. The Balaban J connectivity index is 1.64. The van der Waals surface area contributed by atoms with Crippen LogP contribution in [0.4, 0.5) is 0 Å². The third-order valence-corrected chi connectivity index (χ3v) is 5.39. The van der Waals surface area contributed by atoms with E-state index in [0.717, 1.165) is 12.1 Å².